The molecule has 3 N–H and O–H groups in total. The first-order valence-electron chi connectivity index (χ1n) is 6.18. The van der Waals surface area contributed by atoms with E-state index in [0.29, 0.717) is 18.0 Å². The van der Waals surface area contributed by atoms with Crippen molar-refractivity contribution in [1.82, 2.24) is 15.5 Å². The van der Waals surface area contributed by atoms with Gasteiger partial charge in [0.05, 0.1) is 0 Å². The SMILES string of the molecule is CNc1cc(C2CCC(NC(C)C)C2)[nH]n1. The molecule has 0 saturated heterocycles. The Morgan fingerprint density at radius 1 is 1.44 bits per heavy atom. The zero-order valence-corrected chi connectivity index (χ0v) is 10.4. The van der Waals surface area contributed by atoms with E-state index in [1.807, 2.05) is 7.05 Å². The van der Waals surface area contributed by atoms with Gasteiger partial charge in [-0.2, -0.15) is 5.10 Å². The van der Waals surface area contributed by atoms with Gasteiger partial charge in [0.1, 0.15) is 5.82 Å². The third kappa shape index (κ3) is 2.55. The van der Waals surface area contributed by atoms with Crippen LogP contribution < -0.4 is 10.6 Å². The molecule has 1 aliphatic carbocycles. The smallest absolute Gasteiger partial charge is 0.147 e. The van der Waals surface area contributed by atoms with E-state index in [4.69, 9.17) is 0 Å². The molecule has 2 rings (SSSR count). The Kier molecular flexibility index (Phi) is 3.49. The van der Waals surface area contributed by atoms with Crippen LogP contribution in [-0.4, -0.2) is 29.3 Å². The number of nitrogens with one attached hydrogen (secondary N) is 3. The second-order valence-electron chi connectivity index (χ2n) is 4.99. The second-order valence-corrected chi connectivity index (χ2v) is 4.99. The van der Waals surface area contributed by atoms with Gasteiger partial charge >= 0.3 is 0 Å². The van der Waals surface area contributed by atoms with Crippen molar-refractivity contribution in [1.29, 1.82) is 0 Å². The Bertz CT molecular complexity index is 332. The van der Waals surface area contributed by atoms with Crippen molar-refractivity contribution in [2.45, 2.75) is 51.1 Å². The lowest BCUT2D eigenvalue weighted by Gasteiger charge is -2.15. The molecule has 0 amide bonds. The molecule has 1 aromatic rings. The Hall–Kier alpha value is -1.03. The topological polar surface area (TPSA) is 52.7 Å². The van der Waals surface area contributed by atoms with Gasteiger partial charge in [-0.25, -0.2) is 0 Å². The summed E-state index contributed by atoms with van der Waals surface area (Å²) in [5, 5.41) is 14.0. The first-order valence-corrected chi connectivity index (χ1v) is 6.18. The van der Waals surface area contributed by atoms with Crippen LogP contribution in [0.4, 0.5) is 5.82 Å². The summed E-state index contributed by atoms with van der Waals surface area (Å²) < 4.78 is 0. The molecule has 1 aromatic heterocycles. The van der Waals surface area contributed by atoms with Crippen molar-refractivity contribution in [3.63, 3.8) is 0 Å². The molecule has 0 spiro atoms. The normalized spacial score (nSPS) is 25.2. The van der Waals surface area contributed by atoms with Gasteiger partial charge in [-0.3, -0.25) is 5.10 Å². The summed E-state index contributed by atoms with van der Waals surface area (Å²) in [5.74, 6) is 1.58. The largest absolute Gasteiger partial charge is 0.372 e. The van der Waals surface area contributed by atoms with Gasteiger partial charge in [0, 0.05) is 36.8 Å². The van der Waals surface area contributed by atoms with Crippen molar-refractivity contribution in [3.05, 3.63) is 11.8 Å². The van der Waals surface area contributed by atoms with Crippen LogP contribution in [0.3, 0.4) is 0 Å². The van der Waals surface area contributed by atoms with E-state index < -0.39 is 0 Å². The fourth-order valence-corrected chi connectivity index (χ4v) is 2.56. The molecule has 1 fully saturated rings. The van der Waals surface area contributed by atoms with E-state index in [1.165, 1.54) is 25.0 Å². The predicted octanol–water partition coefficient (Wildman–Crippen LogP) is 2.09. The van der Waals surface area contributed by atoms with Gasteiger partial charge in [-0.15, -0.1) is 0 Å². The zero-order chi connectivity index (χ0) is 11.5. The van der Waals surface area contributed by atoms with Gasteiger partial charge < -0.3 is 10.6 Å². The van der Waals surface area contributed by atoms with E-state index in [2.05, 4.69) is 40.7 Å². The molecule has 0 bridgehead atoms. The van der Waals surface area contributed by atoms with E-state index in [0.717, 1.165) is 5.82 Å². The number of aromatic amines is 1. The van der Waals surface area contributed by atoms with Crippen molar-refractivity contribution in [3.8, 4) is 0 Å². The predicted molar refractivity (Wildman–Crippen MR) is 66.8 cm³/mol. The lowest BCUT2D eigenvalue weighted by atomic mass is 10.0. The van der Waals surface area contributed by atoms with Gasteiger partial charge in [0.25, 0.3) is 0 Å². The highest BCUT2D eigenvalue weighted by Crippen LogP contribution is 2.34. The summed E-state index contributed by atoms with van der Waals surface area (Å²) >= 11 is 0. The summed E-state index contributed by atoms with van der Waals surface area (Å²) in [6.45, 7) is 4.42. The molecule has 4 heteroatoms. The molecule has 2 atom stereocenters. The fourth-order valence-electron chi connectivity index (χ4n) is 2.56. The molecule has 1 heterocycles. The highest BCUT2D eigenvalue weighted by atomic mass is 15.2. The second kappa shape index (κ2) is 4.87. The molecular formula is C12H22N4. The number of aromatic nitrogens is 2. The maximum atomic E-state index is 4.21. The van der Waals surface area contributed by atoms with Crippen molar-refractivity contribution in [2.75, 3.05) is 12.4 Å². The Morgan fingerprint density at radius 2 is 2.25 bits per heavy atom. The summed E-state index contributed by atoms with van der Waals surface area (Å²) in [6.07, 6.45) is 3.76. The number of H-pyrrole nitrogens is 1. The third-order valence-electron chi connectivity index (χ3n) is 3.30. The van der Waals surface area contributed by atoms with Crippen molar-refractivity contribution in [2.24, 2.45) is 0 Å². The van der Waals surface area contributed by atoms with Crippen LogP contribution in [0.5, 0.6) is 0 Å². The maximum Gasteiger partial charge on any atom is 0.147 e. The number of nitrogens with zero attached hydrogens (tertiary/aromatic N) is 1. The van der Waals surface area contributed by atoms with Crippen LogP contribution in [0.1, 0.15) is 44.7 Å². The molecule has 4 nitrogen and oxygen atoms in total. The molecular weight excluding hydrogens is 200 g/mol. The lowest BCUT2D eigenvalue weighted by molar-refractivity contribution is 0.466. The fraction of sp³-hybridized carbons (Fsp3) is 0.750. The van der Waals surface area contributed by atoms with Crippen LogP contribution in [0.25, 0.3) is 0 Å². The Morgan fingerprint density at radius 3 is 2.88 bits per heavy atom. The monoisotopic (exact) mass is 222 g/mol. The molecule has 1 aliphatic rings. The van der Waals surface area contributed by atoms with Crippen LogP contribution in [-0.2, 0) is 0 Å². The number of rotatable bonds is 4. The Labute approximate surface area is 97.2 Å². The van der Waals surface area contributed by atoms with Crippen LogP contribution >= 0.6 is 0 Å². The lowest BCUT2D eigenvalue weighted by Crippen LogP contribution is -2.32. The molecule has 1 saturated carbocycles. The minimum absolute atomic E-state index is 0.582. The van der Waals surface area contributed by atoms with Gasteiger partial charge in [-0.05, 0) is 19.3 Å². The van der Waals surface area contributed by atoms with E-state index in [1.54, 1.807) is 0 Å². The molecule has 0 aromatic carbocycles. The molecule has 90 valence electrons. The van der Waals surface area contributed by atoms with Crippen LogP contribution in [0, 0.1) is 0 Å². The van der Waals surface area contributed by atoms with Crippen molar-refractivity contribution < 1.29 is 0 Å². The molecule has 0 aliphatic heterocycles. The molecule has 2 unspecified atom stereocenters. The van der Waals surface area contributed by atoms with Gasteiger partial charge in [0.15, 0.2) is 0 Å². The molecule has 16 heavy (non-hydrogen) atoms. The number of anilines is 1. The van der Waals surface area contributed by atoms with Crippen LogP contribution in [0.2, 0.25) is 0 Å². The molecule has 0 radical (unpaired) electrons. The highest BCUT2D eigenvalue weighted by molar-refractivity contribution is 5.35. The summed E-state index contributed by atoms with van der Waals surface area (Å²) in [4.78, 5) is 0. The van der Waals surface area contributed by atoms with Crippen molar-refractivity contribution >= 4 is 5.82 Å². The van der Waals surface area contributed by atoms with E-state index in [9.17, 15) is 0 Å². The van der Waals surface area contributed by atoms with E-state index >= 15 is 0 Å². The van der Waals surface area contributed by atoms with Crippen LogP contribution in [0.15, 0.2) is 6.07 Å². The Balaban J connectivity index is 1.92. The third-order valence-corrected chi connectivity index (χ3v) is 3.30. The van der Waals surface area contributed by atoms with Gasteiger partial charge in [0.2, 0.25) is 0 Å². The first-order chi connectivity index (χ1) is 7.69. The quantitative estimate of drug-likeness (QED) is 0.731. The zero-order valence-electron chi connectivity index (χ0n) is 10.4. The van der Waals surface area contributed by atoms with Gasteiger partial charge in [-0.1, -0.05) is 13.8 Å². The number of hydrogen-bond acceptors (Lipinski definition) is 3. The maximum absolute atomic E-state index is 4.21. The standard InChI is InChI=1S/C12H22N4/c1-8(2)14-10-5-4-9(6-10)11-7-12(13-3)16-15-11/h7-10,14H,4-6H2,1-3H3,(H2,13,15,16). The number of hydrogen-bond donors (Lipinski definition) is 3. The summed E-state index contributed by atoms with van der Waals surface area (Å²) in [6, 6.07) is 3.38. The summed E-state index contributed by atoms with van der Waals surface area (Å²) in [5.41, 5.74) is 1.28. The highest BCUT2D eigenvalue weighted by Gasteiger charge is 2.27. The summed E-state index contributed by atoms with van der Waals surface area (Å²) in [7, 11) is 1.90. The average Bonchev–Trinajstić information content (AvgIpc) is 2.83. The average molecular weight is 222 g/mol. The first kappa shape index (κ1) is 11.5. The van der Waals surface area contributed by atoms with E-state index in [-0.39, 0.29) is 0 Å². The minimum Gasteiger partial charge on any atom is -0.372 e. The minimum atomic E-state index is 0.582.